The fourth-order valence-electron chi connectivity index (χ4n) is 2.53. The molecule has 0 spiro atoms. The van der Waals surface area contributed by atoms with Crippen LogP contribution >= 0.6 is 0 Å². The van der Waals surface area contributed by atoms with Gasteiger partial charge in [-0.1, -0.05) is 18.2 Å². The number of primary amides is 1. The van der Waals surface area contributed by atoms with Crippen molar-refractivity contribution in [2.45, 2.75) is 31.8 Å². The second-order valence-electron chi connectivity index (χ2n) is 5.18. The summed E-state index contributed by atoms with van der Waals surface area (Å²) in [6.45, 7) is 2.78. The highest BCUT2D eigenvalue weighted by Gasteiger charge is 2.32. The number of nitrogens with zero attached hydrogens (tertiary/aromatic N) is 1. The molecule has 3 N–H and O–H groups in total. The number of carbonyl (C=O) groups excluding carboxylic acids is 2. The second-order valence-corrected chi connectivity index (χ2v) is 5.18. The second kappa shape index (κ2) is 6.97. The fraction of sp³-hybridized carbons (Fsp3) is 0.467. The largest absolute Gasteiger partial charge is 0.491 e. The van der Waals surface area contributed by atoms with E-state index in [1.54, 1.807) is 11.8 Å². The highest BCUT2D eigenvalue weighted by atomic mass is 16.5. The summed E-state index contributed by atoms with van der Waals surface area (Å²) in [5.41, 5.74) is 5.05. The van der Waals surface area contributed by atoms with Crippen molar-refractivity contribution in [2.75, 3.05) is 13.2 Å². The first-order chi connectivity index (χ1) is 10.1. The van der Waals surface area contributed by atoms with Gasteiger partial charge in [-0.15, -0.1) is 0 Å². The minimum Gasteiger partial charge on any atom is -0.491 e. The van der Waals surface area contributed by atoms with Gasteiger partial charge in [0.1, 0.15) is 18.4 Å². The van der Waals surface area contributed by atoms with Gasteiger partial charge in [0.15, 0.2) is 0 Å². The van der Waals surface area contributed by atoms with Gasteiger partial charge in [-0.05, 0) is 31.9 Å². The van der Waals surface area contributed by atoms with Crippen LogP contribution in [0.2, 0.25) is 0 Å². The van der Waals surface area contributed by atoms with E-state index in [0.29, 0.717) is 13.2 Å². The lowest BCUT2D eigenvalue weighted by Gasteiger charge is -2.27. The Bertz CT molecular complexity index is 492. The van der Waals surface area contributed by atoms with E-state index < -0.39 is 12.1 Å². The summed E-state index contributed by atoms with van der Waals surface area (Å²) >= 11 is 0. The molecular formula is C15H21N3O3. The predicted molar refractivity (Wildman–Crippen MR) is 78.9 cm³/mol. The summed E-state index contributed by atoms with van der Waals surface area (Å²) in [6, 6.07) is 8.26. The summed E-state index contributed by atoms with van der Waals surface area (Å²) in [5.74, 6) is 0.674. The molecular weight excluding hydrogens is 270 g/mol. The van der Waals surface area contributed by atoms with Crippen LogP contribution in [0.3, 0.4) is 0 Å². The molecule has 1 fully saturated rings. The lowest BCUT2D eigenvalue weighted by atomic mass is 10.2. The Hall–Kier alpha value is -2.24. The number of hydrogen-bond acceptors (Lipinski definition) is 3. The maximum atomic E-state index is 12.3. The first-order valence-corrected chi connectivity index (χ1v) is 7.12. The van der Waals surface area contributed by atoms with E-state index in [2.05, 4.69) is 5.32 Å². The Labute approximate surface area is 124 Å². The first kappa shape index (κ1) is 15.2. The summed E-state index contributed by atoms with van der Waals surface area (Å²) in [6.07, 6.45) is 1.85. The molecule has 1 aliphatic heterocycles. The smallest absolute Gasteiger partial charge is 0.312 e. The van der Waals surface area contributed by atoms with Gasteiger partial charge in [-0.25, -0.2) is 4.79 Å². The Kier molecular flexibility index (Phi) is 5.03. The van der Waals surface area contributed by atoms with Crippen molar-refractivity contribution in [3.05, 3.63) is 30.3 Å². The van der Waals surface area contributed by atoms with E-state index in [-0.39, 0.29) is 11.9 Å². The van der Waals surface area contributed by atoms with Gasteiger partial charge in [0.25, 0.3) is 0 Å². The number of likely N-dealkylation sites (tertiary alicyclic amines) is 1. The van der Waals surface area contributed by atoms with Crippen molar-refractivity contribution >= 4 is 11.9 Å². The van der Waals surface area contributed by atoms with E-state index in [4.69, 9.17) is 10.5 Å². The van der Waals surface area contributed by atoms with Crippen molar-refractivity contribution in [2.24, 2.45) is 5.73 Å². The molecule has 0 saturated carbocycles. The van der Waals surface area contributed by atoms with Gasteiger partial charge in [0, 0.05) is 6.54 Å². The molecule has 2 rings (SSSR count). The SMILES string of the molecule is C[C@H](NC(N)=O)C(=O)N1CCC[C@H]1COc1ccccc1. The lowest BCUT2D eigenvalue weighted by molar-refractivity contribution is -0.134. The average molecular weight is 291 g/mol. The topological polar surface area (TPSA) is 84.7 Å². The molecule has 0 aliphatic carbocycles. The number of nitrogens with two attached hydrogens (primary N) is 1. The zero-order chi connectivity index (χ0) is 15.2. The zero-order valence-electron chi connectivity index (χ0n) is 12.1. The molecule has 6 heteroatoms. The van der Waals surface area contributed by atoms with Crippen LogP contribution in [0.15, 0.2) is 30.3 Å². The predicted octanol–water partition coefficient (Wildman–Crippen LogP) is 1.11. The van der Waals surface area contributed by atoms with E-state index in [1.165, 1.54) is 0 Å². The molecule has 21 heavy (non-hydrogen) atoms. The number of hydrogen-bond donors (Lipinski definition) is 2. The van der Waals surface area contributed by atoms with E-state index in [1.807, 2.05) is 30.3 Å². The molecule has 0 aromatic heterocycles. The van der Waals surface area contributed by atoms with E-state index in [0.717, 1.165) is 18.6 Å². The van der Waals surface area contributed by atoms with Gasteiger partial charge < -0.3 is 20.7 Å². The van der Waals surface area contributed by atoms with E-state index >= 15 is 0 Å². The Morgan fingerprint density at radius 3 is 2.81 bits per heavy atom. The fourth-order valence-corrected chi connectivity index (χ4v) is 2.53. The molecule has 6 nitrogen and oxygen atoms in total. The maximum absolute atomic E-state index is 12.3. The summed E-state index contributed by atoms with van der Waals surface area (Å²) in [4.78, 5) is 24.9. The molecule has 1 heterocycles. The van der Waals surface area contributed by atoms with Crippen LogP contribution in [0.4, 0.5) is 4.79 Å². The molecule has 1 aromatic rings. The van der Waals surface area contributed by atoms with Crippen molar-refractivity contribution in [3.63, 3.8) is 0 Å². The molecule has 1 aliphatic rings. The standard InChI is InChI=1S/C15H21N3O3/c1-11(17-15(16)20)14(19)18-9-5-6-12(18)10-21-13-7-3-2-4-8-13/h2-4,7-8,11-12H,5-6,9-10H2,1H3,(H3,16,17,20)/t11-,12-/m0/s1. The Balaban J connectivity index is 1.90. The van der Waals surface area contributed by atoms with Crippen molar-refractivity contribution in [3.8, 4) is 5.75 Å². The van der Waals surface area contributed by atoms with Gasteiger partial charge in [-0.3, -0.25) is 4.79 Å². The third kappa shape index (κ3) is 4.11. The minimum absolute atomic E-state index is 0.0369. The molecule has 1 aromatic carbocycles. The van der Waals surface area contributed by atoms with Crippen LogP contribution in [-0.4, -0.2) is 42.1 Å². The molecule has 114 valence electrons. The number of carbonyl (C=O) groups is 2. The van der Waals surface area contributed by atoms with Crippen molar-refractivity contribution < 1.29 is 14.3 Å². The highest BCUT2D eigenvalue weighted by Crippen LogP contribution is 2.20. The minimum atomic E-state index is -0.688. The maximum Gasteiger partial charge on any atom is 0.312 e. The Morgan fingerprint density at radius 1 is 1.43 bits per heavy atom. The third-order valence-corrected chi connectivity index (χ3v) is 3.57. The molecule has 0 bridgehead atoms. The van der Waals surface area contributed by atoms with E-state index in [9.17, 15) is 9.59 Å². The lowest BCUT2D eigenvalue weighted by Crippen LogP contribution is -2.50. The monoisotopic (exact) mass is 291 g/mol. The van der Waals surface area contributed by atoms with Crippen molar-refractivity contribution in [1.82, 2.24) is 10.2 Å². The van der Waals surface area contributed by atoms with Crippen LogP contribution in [0.25, 0.3) is 0 Å². The van der Waals surface area contributed by atoms with Crippen LogP contribution in [0, 0.1) is 0 Å². The van der Waals surface area contributed by atoms with Gasteiger partial charge in [-0.2, -0.15) is 0 Å². The molecule has 0 radical (unpaired) electrons. The number of amides is 3. The quantitative estimate of drug-likeness (QED) is 0.852. The molecule has 2 atom stereocenters. The Morgan fingerprint density at radius 2 is 2.14 bits per heavy atom. The summed E-state index contributed by atoms with van der Waals surface area (Å²) in [7, 11) is 0. The highest BCUT2D eigenvalue weighted by molar-refractivity contribution is 5.86. The first-order valence-electron chi connectivity index (χ1n) is 7.12. The normalized spacial score (nSPS) is 19.1. The number of para-hydroxylation sites is 1. The van der Waals surface area contributed by atoms with Gasteiger partial charge in [0.05, 0.1) is 6.04 Å². The molecule has 3 amide bonds. The number of benzene rings is 1. The van der Waals surface area contributed by atoms with Crippen LogP contribution in [-0.2, 0) is 4.79 Å². The van der Waals surface area contributed by atoms with Crippen LogP contribution in [0.5, 0.6) is 5.75 Å². The van der Waals surface area contributed by atoms with Crippen LogP contribution < -0.4 is 15.8 Å². The molecule has 1 saturated heterocycles. The summed E-state index contributed by atoms with van der Waals surface area (Å²) < 4.78 is 5.73. The third-order valence-electron chi connectivity index (χ3n) is 3.57. The summed E-state index contributed by atoms with van der Waals surface area (Å²) in [5, 5.41) is 2.42. The molecule has 0 unspecified atom stereocenters. The van der Waals surface area contributed by atoms with Gasteiger partial charge >= 0.3 is 6.03 Å². The van der Waals surface area contributed by atoms with Gasteiger partial charge in [0.2, 0.25) is 5.91 Å². The number of nitrogens with one attached hydrogen (secondary N) is 1. The van der Waals surface area contributed by atoms with Crippen LogP contribution in [0.1, 0.15) is 19.8 Å². The zero-order valence-corrected chi connectivity index (χ0v) is 12.1. The number of rotatable bonds is 5. The average Bonchev–Trinajstić information content (AvgIpc) is 2.93. The van der Waals surface area contributed by atoms with Crippen molar-refractivity contribution in [1.29, 1.82) is 0 Å². The number of urea groups is 1. The number of ether oxygens (including phenoxy) is 1.